The second-order valence-electron chi connectivity index (χ2n) is 5.67. The lowest BCUT2D eigenvalue weighted by Crippen LogP contribution is -2.54. The maximum absolute atomic E-state index is 12.1. The second kappa shape index (κ2) is 2.84. The summed E-state index contributed by atoms with van der Waals surface area (Å²) in [6.45, 7) is 5.56. The van der Waals surface area contributed by atoms with E-state index in [1.807, 2.05) is 20.8 Å². The predicted molar refractivity (Wildman–Crippen MR) is 56.9 cm³/mol. The maximum atomic E-state index is 12.1. The zero-order valence-electron chi connectivity index (χ0n) is 9.83. The zero-order chi connectivity index (χ0) is 12.4. The topological polar surface area (TPSA) is 92.4 Å². The molecule has 0 aromatic rings. The molecule has 2 fully saturated rings. The van der Waals surface area contributed by atoms with Crippen LogP contribution in [0.15, 0.2) is 0 Å². The van der Waals surface area contributed by atoms with Crippen molar-refractivity contribution in [1.29, 1.82) is 0 Å². The van der Waals surface area contributed by atoms with Gasteiger partial charge in [0.1, 0.15) is 6.10 Å². The fourth-order valence-corrected chi connectivity index (χ4v) is 3.65. The van der Waals surface area contributed by atoms with E-state index in [9.17, 15) is 14.7 Å². The number of carbonyl (C=O) groups is 2. The Morgan fingerprint density at radius 3 is 2.38 bits per heavy atom. The molecule has 2 aliphatic rings. The van der Waals surface area contributed by atoms with Gasteiger partial charge in [0.2, 0.25) is 5.91 Å². The van der Waals surface area contributed by atoms with E-state index in [1.54, 1.807) is 0 Å². The SMILES string of the molecule is CC1(C)[C@]2(C)CC[C@@]1(C(=O)NN)[C@H](O)C2=O. The van der Waals surface area contributed by atoms with Crippen LogP contribution in [0.3, 0.4) is 0 Å². The standard InChI is InChI=1S/C11H18N2O3/c1-9(2)10(3)4-5-11(9,8(16)13-12)7(15)6(10)14/h7,15H,4-5,12H2,1-3H3,(H,13,16)/t7-,10-,11+/m1/s1. The zero-order valence-corrected chi connectivity index (χ0v) is 9.83. The summed E-state index contributed by atoms with van der Waals surface area (Å²) in [5, 5.41) is 10.1. The Kier molecular flexibility index (Phi) is 2.05. The number of nitrogens with one attached hydrogen (secondary N) is 1. The molecule has 2 rings (SSSR count). The second-order valence-corrected chi connectivity index (χ2v) is 5.67. The molecule has 5 nitrogen and oxygen atoms in total. The van der Waals surface area contributed by atoms with Gasteiger partial charge in [0.05, 0.1) is 5.41 Å². The number of amides is 1. The summed E-state index contributed by atoms with van der Waals surface area (Å²) in [6.07, 6.45) is -0.0970. The third-order valence-electron chi connectivity index (χ3n) is 5.31. The molecule has 1 amide bonds. The van der Waals surface area contributed by atoms with E-state index >= 15 is 0 Å². The molecule has 0 aromatic carbocycles. The monoisotopic (exact) mass is 226 g/mol. The minimum absolute atomic E-state index is 0.229. The fourth-order valence-electron chi connectivity index (χ4n) is 3.65. The van der Waals surface area contributed by atoms with Crippen LogP contribution in [0.4, 0.5) is 0 Å². The highest BCUT2D eigenvalue weighted by molar-refractivity contribution is 6.02. The van der Waals surface area contributed by atoms with Gasteiger partial charge in [-0.3, -0.25) is 15.0 Å². The van der Waals surface area contributed by atoms with Gasteiger partial charge in [-0.15, -0.1) is 0 Å². The number of hydrogen-bond acceptors (Lipinski definition) is 4. The summed E-state index contributed by atoms with van der Waals surface area (Å²) in [7, 11) is 0. The van der Waals surface area contributed by atoms with Crippen molar-refractivity contribution in [1.82, 2.24) is 5.43 Å². The first kappa shape index (κ1) is 11.5. The molecule has 0 spiro atoms. The van der Waals surface area contributed by atoms with E-state index in [4.69, 9.17) is 5.84 Å². The Morgan fingerprint density at radius 2 is 2.00 bits per heavy atom. The Labute approximate surface area is 94.4 Å². The van der Waals surface area contributed by atoms with Gasteiger partial charge in [0.15, 0.2) is 5.78 Å². The number of aliphatic hydroxyl groups is 1. The van der Waals surface area contributed by atoms with Gasteiger partial charge >= 0.3 is 0 Å². The van der Waals surface area contributed by atoms with Crippen molar-refractivity contribution in [2.75, 3.05) is 0 Å². The Balaban J connectivity index is 2.63. The minimum atomic E-state index is -1.23. The van der Waals surface area contributed by atoms with Crippen molar-refractivity contribution in [3.05, 3.63) is 0 Å². The highest BCUT2D eigenvalue weighted by atomic mass is 16.3. The van der Waals surface area contributed by atoms with E-state index in [2.05, 4.69) is 5.43 Å². The molecule has 4 N–H and O–H groups in total. The van der Waals surface area contributed by atoms with Crippen LogP contribution in [-0.2, 0) is 9.59 Å². The van der Waals surface area contributed by atoms with Crippen LogP contribution < -0.4 is 11.3 Å². The molecule has 2 aliphatic carbocycles. The Morgan fingerprint density at radius 1 is 1.44 bits per heavy atom. The van der Waals surface area contributed by atoms with Crippen LogP contribution in [0.25, 0.3) is 0 Å². The molecule has 0 heterocycles. The number of hydrazine groups is 1. The van der Waals surface area contributed by atoms with E-state index in [0.717, 1.165) is 0 Å². The smallest absolute Gasteiger partial charge is 0.243 e. The summed E-state index contributed by atoms with van der Waals surface area (Å²) >= 11 is 0. The summed E-state index contributed by atoms with van der Waals surface area (Å²) < 4.78 is 0. The van der Waals surface area contributed by atoms with Gasteiger partial charge in [0, 0.05) is 5.41 Å². The number of ketones is 1. The lowest BCUT2D eigenvalue weighted by molar-refractivity contribution is -0.148. The number of hydrogen-bond donors (Lipinski definition) is 3. The number of aliphatic hydroxyl groups excluding tert-OH is 1. The van der Waals surface area contributed by atoms with Crippen molar-refractivity contribution < 1.29 is 14.7 Å². The van der Waals surface area contributed by atoms with Crippen LogP contribution in [-0.4, -0.2) is 22.9 Å². The summed E-state index contributed by atoms with van der Waals surface area (Å²) in [5.41, 5.74) is -0.159. The van der Waals surface area contributed by atoms with Gasteiger partial charge in [-0.05, 0) is 18.3 Å². The molecule has 5 heteroatoms. The lowest BCUT2D eigenvalue weighted by Gasteiger charge is -2.38. The van der Waals surface area contributed by atoms with Gasteiger partial charge < -0.3 is 5.11 Å². The van der Waals surface area contributed by atoms with Gasteiger partial charge in [0.25, 0.3) is 0 Å². The summed E-state index contributed by atoms with van der Waals surface area (Å²) in [4.78, 5) is 24.0. The first-order valence-corrected chi connectivity index (χ1v) is 5.49. The molecular weight excluding hydrogens is 208 g/mol. The van der Waals surface area contributed by atoms with Crippen LogP contribution in [0.2, 0.25) is 0 Å². The van der Waals surface area contributed by atoms with Gasteiger partial charge in [-0.1, -0.05) is 20.8 Å². The summed E-state index contributed by atoms with van der Waals surface area (Å²) in [5.74, 6) is 4.52. The van der Waals surface area contributed by atoms with Crippen molar-refractivity contribution in [3.63, 3.8) is 0 Å². The molecule has 3 atom stereocenters. The van der Waals surface area contributed by atoms with Crippen molar-refractivity contribution >= 4 is 11.7 Å². The average Bonchev–Trinajstić information content (AvgIpc) is 2.51. The molecule has 0 saturated heterocycles. The van der Waals surface area contributed by atoms with Crippen LogP contribution >= 0.6 is 0 Å². The lowest BCUT2D eigenvalue weighted by atomic mass is 9.64. The normalized spacial score (nSPS) is 44.8. The quantitative estimate of drug-likeness (QED) is 0.326. The molecule has 0 radical (unpaired) electrons. The van der Waals surface area contributed by atoms with Crippen LogP contribution in [0.5, 0.6) is 0 Å². The molecule has 2 saturated carbocycles. The molecule has 16 heavy (non-hydrogen) atoms. The van der Waals surface area contributed by atoms with E-state index < -0.39 is 28.3 Å². The van der Waals surface area contributed by atoms with Crippen molar-refractivity contribution in [2.45, 2.75) is 39.7 Å². The van der Waals surface area contributed by atoms with Crippen LogP contribution in [0.1, 0.15) is 33.6 Å². The van der Waals surface area contributed by atoms with Crippen LogP contribution in [0, 0.1) is 16.2 Å². The third-order valence-corrected chi connectivity index (χ3v) is 5.31. The molecule has 0 aromatic heterocycles. The highest BCUT2D eigenvalue weighted by Crippen LogP contribution is 2.70. The Bertz CT molecular complexity index is 379. The maximum Gasteiger partial charge on any atom is 0.243 e. The van der Waals surface area contributed by atoms with Crippen molar-refractivity contribution in [2.24, 2.45) is 22.1 Å². The van der Waals surface area contributed by atoms with E-state index in [0.29, 0.717) is 12.8 Å². The molecule has 2 bridgehead atoms. The van der Waals surface area contributed by atoms with E-state index in [1.165, 1.54) is 0 Å². The molecule has 0 aliphatic heterocycles. The average molecular weight is 226 g/mol. The summed E-state index contributed by atoms with van der Waals surface area (Å²) in [6, 6.07) is 0. The number of carbonyl (C=O) groups excluding carboxylic acids is 2. The Hall–Kier alpha value is -0.940. The molecule has 90 valence electrons. The number of Topliss-reactive ketones (excluding diaryl/α,β-unsaturated/α-hetero) is 1. The number of nitrogens with two attached hydrogens (primary N) is 1. The number of rotatable bonds is 1. The molecule has 0 unspecified atom stereocenters. The highest BCUT2D eigenvalue weighted by Gasteiger charge is 2.77. The van der Waals surface area contributed by atoms with Crippen molar-refractivity contribution in [3.8, 4) is 0 Å². The fraction of sp³-hybridized carbons (Fsp3) is 0.818. The first-order valence-electron chi connectivity index (χ1n) is 5.49. The minimum Gasteiger partial charge on any atom is -0.384 e. The van der Waals surface area contributed by atoms with Gasteiger partial charge in [-0.25, -0.2) is 5.84 Å². The third kappa shape index (κ3) is 0.822. The van der Waals surface area contributed by atoms with E-state index in [-0.39, 0.29) is 5.78 Å². The predicted octanol–water partition coefficient (Wildman–Crippen LogP) is -0.267. The first-order chi connectivity index (χ1) is 7.25. The largest absolute Gasteiger partial charge is 0.384 e. The van der Waals surface area contributed by atoms with Gasteiger partial charge in [-0.2, -0.15) is 0 Å². The number of fused-ring (bicyclic) bond motifs is 2. The molecular formula is C11H18N2O3.